The molecule has 0 bridgehead atoms. The lowest BCUT2D eigenvalue weighted by atomic mass is 10.3. The molecule has 0 amide bonds. The lowest BCUT2D eigenvalue weighted by Gasteiger charge is -2.10. The molecule has 3 rings (SSSR count). The van der Waals surface area contributed by atoms with E-state index < -0.39 is 16.0 Å². The van der Waals surface area contributed by atoms with Crippen LogP contribution in [0.3, 0.4) is 0 Å². The van der Waals surface area contributed by atoms with Gasteiger partial charge in [0.05, 0.1) is 16.5 Å². The van der Waals surface area contributed by atoms with Crippen LogP contribution < -0.4 is 0 Å². The van der Waals surface area contributed by atoms with Crippen molar-refractivity contribution >= 4 is 38.6 Å². The number of carbonyl (C=O) groups excluding carboxylic acids is 1. The van der Waals surface area contributed by atoms with Gasteiger partial charge in [-0.05, 0) is 31.2 Å². The molecule has 1 aromatic carbocycles. The Morgan fingerprint density at radius 2 is 1.96 bits per heavy atom. The Labute approximate surface area is 143 Å². The monoisotopic (exact) mass is 364 g/mol. The molecular weight excluding hydrogens is 352 g/mol. The first kappa shape index (κ1) is 16.5. The van der Waals surface area contributed by atoms with E-state index in [0.29, 0.717) is 10.4 Å². The summed E-state index contributed by atoms with van der Waals surface area (Å²) in [4.78, 5) is 16.4. The highest BCUT2D eigenvalue weighted by molar-refractivity contribution is 7.90. The minimum absolute atomic E-state index is 0.0369. The average molecular weight is 365 g/mol. The molecule has 24 heavy (non-hydrogen) atoms. The Hall–Kier alpha value is -2.38. The van der Waals surface area contributed by atoms with Crippen molar-refractivity contribution < 1.29 is 17.9 Å². The highest BCUT2D eigenvalue weighted by Crippen LogP contribution is 2.29. The predicted molar refractivity (Wildman–Crippen MR) is 89.7 cm³/mol. The largest absolute Gasteiger partial charge is 0.461 e. The number of benzene rings is 1. The molecule has 0 N–H and O–H groups in total. The van der Waals surface area contributed by atoms with Gasteiger partial charge < -0.3 is 4.74 Å². The fourth-order valence-electron chi connectivity index (χ4n) is 2.33. The second-order valence-electron chi connectivity index (χ2n) is 4.86. The van der Waals surface area contributed by atoms with Crippen LogP contribution >= 0.6 is 11.6 Å². The van der Waals surface area contributed by atoms with Gasteiger partial charge in [0.1, 0.15) is 5.69 Å². The van der Waals surface area contributed by atoms with Gasteiger partial charge in [-0.15, -0.1) is 0 Å². The molecule has 0 saturated heterocycles. The topological polar surface area (TPSA) is 78.3 Å². The average Bonchev–Trinajstić information content (AvgIpc) is 2.98. The van der Waals surface area contributed by atoms with E-state index in [-0.39, 0.29) is 22.8 Å². The fourth-order valence-corrected chi connectivity index (χ4v) is 4.00. The molecule has 0 aliphatic rings. The number of esters is 1. The Balaban J connectivity index is 2.35. The van der Waals surface area contributed by atoms with Crippen molar-refractivity contribution in [3.63, 3.8) is 0 Å². The third-order valence-electron chi connectivity index (χ3n) is 3.37. The molecular formula is C16H13ClN2O4S. The number of ether oxygens (including phenoxy) is 1. The van der Waals surface area contributed by atoms with Crippen LogP contribution in [0.5, 0.6) is 0 Å². The summed E-state index contributed by atoms with van der Waals surface area (Å²) >= 11 is 6.12. The second kappa shape index (κ2) is 6.26. The molecule has 0 saturated carbocycles. The zero-order valence-corrected chi connectivity index (χ0v) is 14.2. The van der Waals surface area contributed by atoms with Crippen molar-refractivity contribution in [2.75, 3.05) is 6.61 Å². The van der Waals surface area contributed by atoms with E-state index >= 15 is 0 Å². The number of fused-ring (bicyclic) bond motifs is 1. The summed E-state index contributed by atoms with van der Waals surface area (Å²) in [5, 5.41) is 0.661. The number of halogens is 1. The molecule has 0 atom stereocenters. The molecule has 0 spiro atoms. The molecule has 124 valence electrons. The first-order valence-electron chi connectivity index (χ1n) is 7.10. The smallest absolute Gasteiger partial charge is 0.356 e. The van der Waals surface area contributed by atoms with Crippen LogP contribution in [0.2, 0.25) is 5.02 Å². The number of carbonyl (C=O) groups is 1. The third-order valence-corrected chi connectivity index (χ3v) is 5.42. The van der Waals surface area contributed by atoms with Gasteiger partial charge in [0, 0.05) is 11.6 Å². The van der Waals surface area contributed by atoms with Crippen LogP contribution in [0.15, 0.2) is 53.6 Å². The maximum atomic E-state index is 13.0. The third kappa shape index (κ3) is 2.65. The molecule has 0 aliphatic heterocycles. The Morgan fingerprint density at radius 3 is 2.62 bits per heavy atom. The molecule has 2 heterocycles. The van der Waals surface area contributed by atoms with Crippen LogP contribution in [0.1, 0.15) is 17.4 Å². The van der Waals surface area contributed by atoms with E-state index in [0.717, 1.165) is 3.97 Å². The predicted octanol–water partition coefficient (Wildman–Crippen LogP) is 3.10. The quantitative estimate of drug-likeness (QED) is 0.665. The fraction of sp³-hybridized carbons (Fsp3) is 0.125. The Bertz CT molecular complexity index is 1010. The number of aromatic nitrogens is 2. The maximum Gasteiger partial charge on any atom is 0.356 e. The first-order chi connectivity index (χ1) is 11.5. The van der Waals surface area contributed by atoms with Crippen molar-refractivity contribution in [2.45, 2.75) is 11.8 Å². The van der Waals surface area contributed by atoms with Crippen molar-refractivity contribution in [1.29, 1.82) is 0 Å². The molecule has 2 aromatic heterocycles. The zero-order valence-electron chi connectivity index (χ0n) is 12.6. The van der Waals surface area contributed by atoms with Crippen LogP contribution in [0.4, 0.5) is 0 Å². The van der Waals surface area contributed by atoms with Crippen LogP contribution in [0, 0.1) is 0 Å². The lowest BCUT2D eigenvalue weighted by molar-refractivity contribution is 0.0518. The summed E-state index contributed by atoms with van der Waals surface area (Å²) < 4.78 is 31.9. The number of hydrogen-bond acceptors (Lipinski definition) is 5. The summed E-state index contributed by atoms with van der Waals surface area (Å²) in [6, 6.07) is 10.7. The van der Waals surface area contributed by atoms with Gasteiger partial charge in [-0.25, -0.2) is 22.2 Å². The molecule has 0 fully saturated rings. The van der Waals surface area contributed by atoms with Crippen LogP contribution in [-0.4, -0.2) is 30.0 Å². The molecule has 0 radical (unpaired) electrons. The van der Waals surface area contributed by atoms with Crippen molar-refractivity contribution in [1.82, 2.24) is 8.96 Å². The van der Waals surface area contributed by atoms with Crippen molar-refractivity contribution in [3.8, 4) is 0 Å². The Kier molecular flexibility index (Phi) is 4.29. The summed E-state index contributed by atoms with van der Waals surface area (Å²) in [6.45, 7) is 1.76. The van der Waals surface area contributed by atoms with Crippen molar-refractivity contribution in [3.05, 3.63) is 59.4 Å². The molecule has 6 nitrogen and oxygen atoms in total. The zero-order chi connectivity index (χ0) is 17.3. The SMILES string of the molecule is CCOC(=O)c1cc2c(Cl)ccnc2n1S(=O)(=O)c1ccccc1. The van der Waals surface area contributed by atoms with Gasteiger partial charge in [0.15, 0.2) is 5.65 Å². The van der Waals surface area contributed by atoms with E-state index in [1.54, 1.807) is 25.1 Å². The lowest BCUT2D eigenvalue weighted by Crippen LogP contribution is -2.20. The van der Waals surface area contributed by atoms with E-state index in [9.17, 15) is 13.2 Å². The number of pyridine rings is 1. The standard InChI is InChI=1S/C16H13ClN2O4S/c1-2-23-16(20)14-10-12-13(17)8-9-18-15(12)19(14)24(21,22)11-6-4-3-5-7-11/h3-10H,2H2,1H3. The summed E-state index contributed by atoms with van der Waals surface area (Å²) in [5.74, 6) is -0.758. The Morgan fingerprint density at radius 1 is 1.25 bits per heavy atom. The molecule has 3 aromatic rings. The van der Waals surface area contributed by atoms with Crippen LogP contribution in [0.25, 0.3) is 11.0 Å². The summed E-state index contributed by atoms with van der Waals surface area (Å²) in [5.41, 5.74) is -0.0642. The minimum atomic E-state index is -4.04. The minimum Gasteiger partial charge on any atom is -0.461 e. The number of hydrogen-bond donors (Lipinski definition) is 0. The van der Waals surface area contributed by atoms with Gasteiger partial charge in [-0.2, -0.15) is 0 Å². The van der Waals surface area contributed by atoms with E-state index in [2.05, 4.69) is 4.98 Å². The molecule has 8 heteroatoms. The number of rotatable bonds is 4. The maximum absolute atomic E-state index is 13.0. The van der Waals surface area contributed by atoms with Gasteiger partial charge in [0.2, 0.25) is 0 Å². The van der Waals surface area contributed by atoms with E-state index in [1.807, 2.05) is 0 Å². The van der Waals surface area contributed by atoms with E-state index in [1.165, 1.54) is 30.5 Å². The summed E-state index contributed by atoms with van der Waals surface area (Å²) in [7, 11) is -4.04. The molecule has 0 aliphatic carbocycles. The van der Waals surface area contributed by atoms with Gasteiger partial charge in [-0.1, -0.05) is 29.8 Å². The van der Waals surface area contributed by atoms with Gasteiger partial charge >= 0.3 is 5.97 Å². The number of nitrogens with zero attached hydrogens (tertiary/aromatic N) is 2. The van der Waals surface area contributed by atoms with Gasteiger partial charge in [0.25, 0.3) is 10.0 Å². The highest BCUT2D eigenvalue weighted by Gasteiger charge is 2.28. The summed E-state index contributed by atoms with van der Waals surface area (Å²) in [6.07, 6.45) is 1.39. The van der Waals surface area contributed by atoms with Crippen molar-refractivity contribution in [2.24, 2.45) is 0 Å². The van der Waals surface area contributed by atoms with Gasteiger partial charge in [-0.3, -0.25) is 0 Å². The van der Waals surface area contributed by atoms with Crippen LogP contribution in [-0.2, 0) is 14.8 Å². The highest BCUT2D eigenvalue weighted by atomic mass is 35.5. The molecule has 0 unspecified atom stereocenters. The normalized spacial score (nSPS) is 11.6. The van der Waals surface area contributed by atoms with E-state index in [4.69, 9.17) is 16.3 Å². The second-order valence-corrected chi connectivity index (χ2v) is 7.06. The first-order valence-corrected chi connectivity index (χ1v) is 8.92.